The van der Waals surface area contributed by atoms with Crippen molar-refractivity contribution in [3.8, 4) is 5.75 Å². The van der Waals surface area contributed by atoms with Crippen molar-refractivity contribution in [1.29, 1.82) is 0 Å². The molecule has 0 spiro atoms. The molecule has 0 heterocycles. The van der Waals surface area contributed by atoms with Gasteiger partial charge in [0.2, 0.25) is 0 Å². The van der Waals surface area contributed by atoms with Gasteiger partial charge in [0, 0.05) is 0 Å². The molecule has 0 unspecified atom stereocenters. The number of nitrogens with two attached hydrogens (primary N) is 1. The number of hydrogen-bond donors (Lipinski definition) is 1. The van der Waals surface area contributed by atoms with E-state index in [1.165, 1.54) is 5.56 Å². The smallest absolute Gasteiger partial charge is 0.122 e. The van der Waals surface area contributed by atoms with E-state index in [0.29, 0.717) is 6.61 Å². The summed E-state index contributed by atoms with van der Waals surface area (Å²) in [4.78, 5) is 4.45. The minimum Gasteiger partial charge on any atom is -0.496 e. The monoisotopic (exact) mass is 207 g/mol. The summed E-state index contributed by atoms with van der Waals surface area (Å²) in [6.45, 7) is 2.53. The summed E-state index contributed by atoms with van der Waals surface area (Å²) in [5.41, 5.74) is 2.33. The highest BCUT2D eigenvalue weighted by molar-refractivity contribution is 5.53. The number of methoxy groups -OCH3 is 1. The van der Waals surface area contributed by atoms with Crippen molar-refractivity contribution in [3.05, 3.63) is 35.4 Å². The Labute approximate surface area is 90.5 Å². The van der Waals surface area contributed by atoms with Crippen LogP contribution in [0.5, 0.6) is 5.75 Å². The van der Waals surface area contributed by atoms with Crippen LogP contribution in [0.2, 0.25) is 0 Å². The summed E-state index contributed by atoms with van der Waals surface area (Å²) < 4.78 is 5.25. The highest BCUT2D eigenvalue weighted by Crippen LogP contribution is 2.20. The zero-order valence-corrected chi connectivity index (χ0v) is 9.19. The van der Waals surface area contributed by atoms with Crippen molar-refractivity contribution in [2.24, 2.45) is 5.90 Å². The molecule has 0 atom stereocenters. The lowest BCUT2D eigenvalue weighted by atomic mass is 10.1. The number of benzene rings is 1. The number of rotatable bonds is 5. The van der Waals surface area contributed by atoms with Crippen LogP contribution in [-0.4, -0.2) is 13.7 Å². The van der Waals surface area contributed by atoms with Crippen molar-refractivity contribution in [2.45, 2.75) is 13.3 Å². The summed E-state index contributed by atoms with van der Waals surface area (Å²) in [5, 5.41) is 0. The predicted octanol–water partition coefficient (Wildman–Crippen LogP) is 2.16. The molecule has 1 aromatic carbocycles. The first kappa shape index (κ1) is 11.8. The third-order valence-corrected chi connectivity index (χ3v) is 2.19. The van der Waals surface area contributed by atoms with Crippen LogP contribution in [0.4, 0.5) is 0 Å². The largest absolute Gasteiger partial charge is 0.496 e. The van der Waals surface area contributed by atoms with Crippen molar-refractivity contribution in [2.75, 3.05) is 13.7 Å². The molecule has 0 saturated heterocycles. The molecule has 1 aromatic rings. The van der Waals surface area contributed by atoms with Crippen LogP contribution in [-0.2, 0) is 11.3 Å². The quantitative estimate of drug-likeness (QED) is 0.752. The lowest BCUT2D eigenvalue weighted by molar-refractivity contribution is 0.168. The molecule has 0 saturated carbocycles. The van der Waals surface area contributed by atoms with Crippen LogP contribution in [0, 0.1) is 0 Å². The van der Waals surface area contributed by atoms with Crippen molar-refractivity contribution in [1.82, 2.24) is 0 Å². The molecule has 15 heavy (non-hydrogen) atoms. The van der Waals surface area contributed by atoms with E-state index < -0.39 is 0 Å². The molecule has 1 rings (SSSR count). The maximum Gasteiger partial charge on any atom is 0.122 e. The minimum absolute atomic E-state index is 0.424. The van der Waals surface area contributed by atoms with Crippen LogP contribution in [0.25, 0.3) is 6.08 Å². The van der Waals surface area contributed by atoms with Gasteiger partial charge in [0.15, 0.2) is 0 Å². The van der Waals surface area contributed by atoms with Gasteiger partial charge in [-0.3, -0.25) is 0 Å². The molecule has 0 bridgehead atoms. The third kappa shape index (κ3) is 3.38. The standard InChI is InChI=1S/C12H17NO2/c1-3-11-9-10(5-4-8-15-13)6-7-12(11)14-2/h4-7,9H,3,8,13H2,1-2H3/b5-4+. The average Bonchev–Trinajstić information content (AvgIpc) is 2.29. The molecule has 0 aliphatic heterocycles. The summed E-state index contributed by atoms with van der Waals surface area (Å²) in [6, 6.07) is 6.08. The number of aryl methyl sites for hydroxylation is 1. The van der Waals surface area contributed by atoms with Gasteiger partial charge in [-0.2, -0.15) is 0 Å². The fourth-order valence-corrected chi connectivity index (χ4v) is 1.42. The Morgan fingerprint density at radius 3 is 2.80 bits per heavy atom. The fraction of sp³-hybridized carbons (Fsp3) is 0.333. The van der Waals surface area contributed by atoms with Gasteiger partial charge in [0.05, 0.1) is 13.7 Å². The van der Waals surface area contributed by atoms with Crippen LogP contribution >= 0.6 is 0 Å². The molecule has 3 nitrogen and oxygen atoms in total. The second kappa shape index (κ2) is 6.22. The van der Waals surface area contributed by atoms with E-state index in [2.05, 4.69) is 17.8 Å². The summed E-state index contributed by atoms with van der Waals surface area (Å²) in [5.74, 6) is 5.86. The average molecular weight is 207 g/mol. The summed E-state index contributed by atoms with van der Waals surface area (Å²) in [7, 11) is 1.69. The molecule has 0 aromatic heterocycles. The van der Waals surface area contributed by atoms with E-state index in [1.54, 1.807) is 7.11 Å². The summed E-state index contributed by atoms with van der Waals surface area (Å²) in [6.07, 6.45) is 4.81. The third-order valence-electron chi connectivity index (χ3n) is 2.19. The van der Waals surface area contributed by atoms with Crippen molar-refractivity contribution < 1.29 is 9.57 Å². The fourth-order valence-electron chi connectivity index (χ4n) is 1.42. The Hall–Kier alpha value is -1.32. The van der Waals surface area contributed by atoms with Crippen LogP contribution < -0.4 is 10.6 Å². The van der Waals surface area contributed by atoms with Gasteiger partial charge in [-0.05, 0) is 29.7 Å². The Morgan fingerprint density at radius 1 is 1.40 bits per heavy atom. The molecule has 3 heteroatoms. The maximum absolute atomic E-state index is 5.25. The molecule has 0 aliphatic rings. The Kier molecular flexibility index (Phi) is 4.87. The van der Waals surface area contributed by atoms with E-state index in [4.69, 9.17) is 10.6 Å². The van der Waals surface area contributed by atoms with Gasteiger partial charge in [-0.15, -0.1) is 0 Å². The van der Waals surface area contributed by atoms with Gasteiger partial charge in [0.1, 0.15) is 5.75 Å². The molecular weight excluding hydrogens is 190 g/mol. The first-order chi connectivity index (χ1) is 7.31. The van der Waals surface area contributed by atoms with Crippen LogP contribution in [0.3, 0.4) is 0 Å². The van der Waals surface area contributed by atoms with Crippen LogP contribution in [0.1, 0.15) is 18.1 Å². The molecule has 0 amide bonds. The topological polar surface area (TPSA) is 44.5 Å². The Balaban J connectivity index is 2.83. The van der Waals surface area contributed by atoms with Crippen molar-refractivity contribution >= 4 is 6.08 Å². The Bertz CT molecular complexity index is 334. The second-order valence-corrected chi connectivity index (χ2v) is 3.16. The Morgan fingerprint density at radius 2 is 2.20 bits per heavy atom. The summed E-state index contributed by atoms with van der Waals surface area (Å²) >= 11 is 0. The van der Waals surface area contributed by atoms with Gasteiger partial charge in [-0.25, -0.2) is 5.90 Å². The van der Waals surface area contributed by atoms with Gasteiger partial charge in [0.25, 0.3) is 0 Å². The molecule has 0 aliphatic carbocycles. The lowest BCUT2D eigenvalue weighted by Gasteiger charge is -2.07. The zero-order chi connectivity index (χ0) is 11.1. The minimum atomic E-state index is 0.424. The second-order valence-electron chi connectivity index (χ2n) is 3.16. The first-order valence-corrected chi connectivity index (χ1v) is 4.97. The van der Waals surface area contributed by atoms with Gasteiger partial charge < -0.3 is 9.57 Å². The lowest BCUT2D eigenvalue weighted by Crippen LogP contribution is -1.97. The SMILES string of the molecule is CCc1cc(/C=C/CON)ccc1OC. The van der Waals surface area contributed by atoms with Crippen LogP contribution in [0.15, 0.2) is 24.3 Å². The van der Waals surface area contributed by atoms with Gasteiger partial charge in [-0.1, -0.05) is 25.1 Å². The highest BCUT2D eigenvalue weighted by atomic mass is 16.6. The predicted molar refractivity (Wildman–Crippen MR) is 61.5 cm³/mol. The molecule has 0 fully saturated rings. The number of hydrogen-bond acceptors (Lipinski definition) is 3. The highest BCUT2D eigenvalue weighted by Gasteiger charge is 2.00. The normalized spacial score (nSPS) is 10.9. The van der Waals surface area contributed by atoms with E-state index >= 15 is 0 Å². The molecule has 82 valence electrons. The van der Waals surface area contributed by atoms with Crippen molar-refractivity contribution in [3.63, 3.8) is 0 Å². The maximum atomic E-state index is 5.25. The van der Waals surface area contributed by atoms with E-state index in [0.717, 1.165) is 17.7 Å². The van der Waals surface area contributed by atoms with E-state index in [1.807, 2.05) is 24.3 Å². The first-order valence-electron chi connectivity index (χ1n) is 4.97. The van der Waals surface area contributed by atoms with E-state index in [9.17, 15) is 0 Å². The molecule has 0 radical (unpaired) electrons. The molecular formula is C12H17NO2. The van der Waals surface area contributed by atoms with Gasteiger partial charge >= 0.3 is 0 Å². The number of ether oxygens (including phenoxy) is 1. The zero-order valence-electron chi connectivity index (χ0n) is 9.19. The van der Waals surface area contributed by atoms with E-state index in [-0.39, 0.29) is 0 Å². The molecule has 2 N–H and O–H groups in total.